The van der Waals surface area contributed by atoms with Crippen LogP contribution in [0.3, 0.4) is 0 Å². The van der Waals surface area contributed by atoms with Gasteiger partial charge in [0.1, 0.15) is 0 Å². The minimum atomic E-state index is -0.478. The lowest BCUT2D eigenvalue weighted by Crippen LogP contribution is -2.45. The zero-order chi connectivity index (χ0) is 14.8. The number of nitrogens with one attached hydrogen (secondary N) is 1. The van der Waals surface area contributed by atoms with Gasteiger partial charge in [0, 0.05) is 26.5 Å². The van der Waals surface area contributed by atoms with Crippen LogP contribution in [0.15, 0.2) is 18.5 Å². The fourth-order valence-corrected chi connectivity index (χ4v) is 1.48. The normalized spacial score (nSPS) is 11.4. The van der Waals surface area contributed by atoms with E-state index >= 15 is 0 Å². The van der Waals surface area contributed by atoms with E-state index in [2.05, 4.69) is 25.4 Å². The molecule has 0 spiro atoms. The first-order valence-corrected chi connectivity index (χ1v) is 6.26. The first-order valence-electron chi connectivity index (χ1n) is 6.26. The van der Waals surface area contributed by atoms with Gasteiger partial charge in [-0.25, -0.2) is 4.68 Å². The molecule has 2 rings (SSSR count). The van der Waals surface area contributed by atoms with Crippen molar-refractivity contribution in [2.24, 2.45) is 0 Å². The molecule has 0 saturated heterocycles. The molecule has 0 fully saturated rings. The Hall–Kier alpha value is -2.22. The van der Waals surface area contributed by atoms with Gasteiger partial charge in [-0.2, -0.15) is 20.1 Å². The number of aliphatic hydroxyl groups is 1. The maximum absolute atomic E-state index is 9.46. The fourth-order valence-electron chi connectivity index (χ4n) is 1.48. The van der Waals surface area contributed by atoms with Crippen LogP contribution in [0.4, 0.5) is 11.9 Å². The van der Waals surface area contributed by atoms with Gasteiger partial charge in [0.15, 0.2) is 0 Å². The number of hydrogen-bond donors (Lipinski definition) is 2. The molecule has 0 aliphatic carbocycles. The summed E-state index contributed by atoms with van der Waals surface area (Å²) in [6.07, 6.45) is 3.42. The SMILES string of the molecule is CNc1nc(N(C)C(C)(C)CO)nc(-n2cccn2)n1. The third-order valence-corrected chi connectivity index (χ3v) is 3.14. The minimum absolute atomic E-state index is 0.0127. The highest BCUT2D eigenvalue weighted by molar-refractivity contribution is 5.41. The van der Waals surface area contributed by atoms with E-state index in [1.165, 1.54) is 0 Å². The maximum Gasteiger partial charge on any atom is 0.257 e. The fraction of sp³-hybridized carbons (Fsp3) is 0.500. The summed E-state index contributed by atoms with van der Waals surface area (Å²) in [5, 5.41) is 16.5. The van der Waals surface area contributed by atoms with E-state index in [1.54, 1.807) is 30.2 Å². The van der Waals surface area contributed by atoms with Gasteiger partial charge in [-0.3, -0.25) is 0 Å². The Balaban J connectivity index is 2.46. The van der Waals surface area contributed by atoms with Gasteiger partial charge in [-0.1, -0.05) is 0 Å². The van der Waals surface area contributed by atoms with E-state index in [0.717, 1.165) is 0 Å². The van der Waals surface area contributed by atoms with Gasteiger partial charge in [-0.15, -0.1) is 0 Å². The van der Waals surface area contributed by atoms with Crippen LogP contribution in [0.1, 0.15) is 13.8 Å². The van der Waals surface area contributed by atoms with E-state index in [-0.39, 0.29) is 6.61 Å². The summed E-state index contributed by atoms with van der Waals surface area (Å²) in [6.45, 7) is 3.80. The standard InChI is InChI=1S/C12H19N7O/c1-12(2,8-20)18(4)10-15-9(13-3)16-11(17-10)19-7-5-6-14-19/h5-7,20H,8H2,1-4H3,(H,13,15,16,17). The molecule has 0 saturated carbocycles. The van der Waals surface area contributed by atoms with E-state index in [9.17, 15) is 5.11 Å². The summed E-state index contributed by atoms with van der Waals surface area (Å²) in [5.74, 6) is 1.33. The van der Waals surface area contributed by atoms with Crippen LogP contribution >= 0.6 is 0 Å². The first-order chi connectivity index (χ1) is 9.47. The Bertz CT molecular complexity index is 567. The van der Waals surface area contributed by atoms with Crippen molar-refractivity contribution in [3.63, 3.8) is 0 Å². The van der Waals surface area contributed by atoms with Gasteiger partial charge in [-0.05, 0) is 19.9 Å². The predicted octanol–water partition coefficient (Wildman–Crippen LogP) is 0.306. The molecule has 0 radical (unpaired) electrons. The second kappa shape index (κ2) is 5.41. The van der Waals surface area contributed by atoms with Gasteiger partial charge >= 0.3 is 0 Å². The van der Waals surface area contributed by atoms with E-state index in [4.69, 9.17) is 0 Å². The van der Waals surface area contributed by atoms with Crippen LogP contribution in [0.5, 0.6) is 0 Å². The third kappa shape index (κ3) is 2.69. The molecule has 8 heteroatoms. The first kappa shape index (κ1) is 14.2. The second-order valence-corrected chi connectivity index (χ2v) is 4.99. The summed E-state index contributed by atoms with van der Waals surface area (Å²) in [7, 11) is 3.57. The van der Waals surface area contributed by atoms with Gasteiger partial charge < -0.3 is 15.3 Å². The molecule has 0 amide bonds. The smallest absolute Gasteiger partial charge is 0.257 e. The van der Waals surface area contributed by atoms with Crippen molar-refractivity contribution < 1.29 is 5.11 Å². The van der Waals surface area contributed by atoms with Gasteiger partial charge in [0.25, 0.3) is 5.95 Å². The molecule has 2 aromatic rings. The monoisotopic (exact) mass is 277 g/mol. The summed E-state index contributed by atoms with van der Waals surface area (Å²) in [5.41, 5.74) is -0.478. The summed E-state index contributed by atoms with van der Waals surface area (Å²) in [6, 6.07) is 1.80. The van der Waals surface area contributed by atoms with Crippen LogP contribution in [-0.4, -0.2) is 56.1 Å². The van der Waals surface area contributed by atoms with Crippen molar-refractivity contribution in [3.05, 3.63) is 18.5 Å². The number of anilines is 2. The lowest BCUT2D eigenvalue weighted by molar-refractivity contribution is 0.215. The number of hydrogen-bond acceptors (Lipinski definition) is 7. The quantitative estimate of drug-likeness (QED) is 0.812. The summed E-state index contributed by atoms with van der Waals surface area (Å²) < 4.78 is 1.56. The Morgan fingerprint density at radius 2 is 2.10 bits per heavy atom. The summed E-state index contributed by atoms with van der Waals surface area (Å²) >= 11 is 0. The average molecular weight is 277 g/mol. The second-order valence-electron chi connectivity index (χ2n) is 4.99. The predicted molar refractivity (Wildman–Crippen MR) is 76.1 cm³/mol. The van der Waals surface area contributed by atoms with Crippen LogP contribution in [0, 0.1) is 0 Å². The van der Waals surface area contributed by atoms with E-state index < -0.39 is 5.54 Å². The van der Waals surface area contributed by atoms with Gasteiger partial charge in [0.2, 0.25) is 11.9 Å². The van der Waals surface area contributed by atoms with Crippen LogP contribution < -0.4 is 10.2 Å². The molecule has 8 nitrogen and oxygen atoms in total. The topological polar surface area (TPSA) is 92.0 Å². The van der Waals surface area contributed by atoms with Crippen molar-refractivity contribution in [3.8, 4) is 5.95 Å². The molecule has 2 aromatic heterocycles. The van der Waals surface area contributed by atoms with Gasteiger partial charge in [0.05, 0.1) is 12.1 Å². The van der Waals surface area contributed by atoms with Crippen molar-refractivity contribution in [1.82, 2.24) is 24.7 Å². The van der Waals surface area contributed by atoms with E-state index in [1.807, 2.05) is 25.8 Å². The number of rotatable bonds is 5. The Morgan fingerprint density at radius 1 is 1.35 bits per heavy atom. The molecule has 20 heavy (non-hydrogen) atoms. The highest BCUT2D eigenvalue weighted by Gasteiger charge is 2.25. The van der Waals surface area contributed by atoms with Crippen molar-refractivity contribution in [2.45, 2.75) is 19.4 Å². The Labute approximate surface area is 117 Å². The maximum atomic E-state index is 9.46. The molecule has 0 aliphatic heterocycles. The van der Waals surface area contributed by atoms with Crippen molar-refractivity contribution in [1.29, 1.82) is 0 Å². The zero-order valence-corrected chi connectivity index (χ0v) is 12.1. The van der Waals surface area contributed by atoms with Crippen LogP contribution in [-0.2, 0) is 0 Å². The molecule has 2 heterocycles. The summed E-state index contributed by atoms with van der Waals surface area (Å²) in [4.78, 5) is 14.8. The molecule has 0 atom stereocenters. The Morgan fingerprint density at radius 3 is 2.65 bits per heavy atom. The molecule has 0 aliphatic rings. The molecular weight excluding hydrogens is 258 g/mol. The number of nitrogens with zero attached hydrogens (tertiary/aromatic N) is 6. The highest BCUT2D eigenvalue weighted by Crippen LogP contribution is 2.19. The molecule has 0 bridgehead atoms. The van der Waals surface area contributed by atoms with Crippen molar-refractivity contribution in [2.75, 3.05) is 30.9 Å². The molecule has 0 aromatic carbocycles. The minimum Gasteiger partial charge on any atom is -0.394 e. The third-order valence-electron chi connectivity index (χ3n) is 3.14. The molecular formula is C12H19N7O. The lowest BCUT2D eigenvalue weighted by atomic mass is 10.1. The van der Waals surface area contributed by atoms with Crippen LogP contribution in [0.2, 0.25) is 0 Å². The molecule has 0 unspecified atom stereocenters. The number of aromatic nitrogens is 5. The number of aliphatic hydroxyl groups excluding tert-OH is 1. The zero-order valence-electron chi connectivity index (χ0n) is 12.1. The van der Waals surface area contributed by atoms with Crippen molar-refractivity contribution >= 4 is 11.9 Å². The highest BCUT2D eigenvalue weighted by atomic mass is 16.3. The lowest BCUT2D eigenvalue weighted by Gasteiger charge is -2.33. The average Bonchev–Trinajstić information content (AvgIpc) is 3.00. The van der Waals surface area contributed by atoms with Crippen LogP contribution in [0.25, 0.3) is 5.95 Å². The van der Waals surface area contributed by atoms with E-state index in [0.29, 0.717) is 17.8 Å². The largest absolute Gasteiger partial charge is 0.394 e. The Kier molecular flexibility index (Phi) is 3.84. The molecule has 108 valence electrons. The molecule has 2 N–H and O–H groups in total. The number of likely N-dealkylation sites (N-methyl/N-ethyl adjacent to an activating group) is 1.